The number of anilines is 1. The third kappa shape index (κ3) is 5.79. The number of hydrogen-bond donors (Lipinski definition) is 3. The van der Waals surface area contributed by atoms with E-state index >= 15 is 4.39 Å². The minimum Gasteiger partial charge on any atom is -0.394 e. The summed E-state index contributed by atoms with van der Waals surface area (Å²) in [4.78, 5) is 22.4. The van der Waals surface area contributed by atoms with Crippen LogP contribution in [0.2, 0.25) is 0 Å². The second-order valence-electron chi connectivity index (χ2n) is 8.69. The molecule has 1 heterocycles. The molecule has 1 aliphatic carbocycles. The van der Waals surface area contributed by atoms with Crippen molar-refractivity contribution in [2.75, 3.05) is 18.6 Å². The van der Waals surface area contributed by atoms with E-state index in [0.29, 0.717) is 27.6 Å². The molecule has 1 atom stereocenters. The van der Waals surface area contributed by atoms with Gasteiger partial charge in [0.15, 0.2) is 0 Å². The van der Waals surface area contributed by atoms with E-state index in [9.17, 15) is 14.3 Å². The monoisotopic (exact) mass is 498 g/mol. The SMILES string of the molecule is CSc1cc(F)cc([C@@H](CO)NC(=O)c2ccc(-c3nc(C4CCCCC4)cnc3N)cc2F)c1. The number of carbonyl (C=O) groups is 1. The molecule has 6 nitrogen and oxygen atoms in total. The van der Waals surface area contributed by atoms with Gasteiger partial charge in [-0.2, -0.15) is 0 Å². The zero-order valence-corrected chi connectivity index (χ0v) is 20.2. The molecule has 4 rings (SSSR count). The number of nitrogen functional groups attached to an aromatic ring is 1. The number of nitrogens with zero attached hydrogens (tertiary/aromatic N) is 2. The van der Waals surface area contributed by atoms with Crippen molar-refractivity contribution in [2.45, 2.75) is 49.0 Å². The maximum Gasteiger partial charge on any atom is 0.254 e. The Bertz CT molecular complexity index is 1220. The van der Waals surface area contributed by atoms with Crippen LogP contribution in [-0.4, -0.2) is 33.8 Å². The number of rotatable bonds is 7. The summed E-state index contributed by atoms with van der Waals surface area (Å²) in [5, 5.41) is 12.4. The van der Waals surface area contributed by atoms with E-state index < -0.39 is 30.2 Å². The molecule has 0 aliphatic heterocycles. The van der Waals surface area contributed by atoms with Gasteiger partial charge in [-0.15, -0.1) is 11.8 Å². The highest BCUT2D eigenvalue weighted by atomic mass is 32.2. The molecule has 9 heteroatoms. The van der Waals surface area contributed by atoms with Gasteiger partial charge in [-0.3, -0.25) is 4.79 Å². The lowest BCUT2D eigenvalue weighted by Gasteiger charge is -2.21. The Balaban J connectivity index is 1.56. The van der Waals surface area contributed by atoms with Crippen LogP contribution in [0.1, 0.15) is 65.7 Å². The van der Waals surface area contributed by atoms with Crippen molar-refractivity contribution < 1.29 is 18.7 Å². The van der Waals surface area contributed by atoms with Gasteiger partial charge in [-0.25, -0.2) is 18.7 Å². The van der Waals surface area contributed by atoms with E-state index in [1.54, 1.807) is 24.6 Å². The van der Waals surface area contributed by atoms with E-state index in [2.05, 4.69) is 15.3 Å². The topological polar surface area (TPSA) is 101 Å². The predicted molar refractivity (Wildman–Crippen MR) is 133 cm³/mol. The molecular formula is C26H28F2N4O2S. The molecule has 1 aliphatic rings. The number of aliphatic hydroxyl groups is 1. The Labute approximate surface area is 207 Å². The van der Waals surface area contributed by atoms with Crippen LogP contribution in [-0.2, 0) is 0 Å². The first-order valence-corrected chi connectivity index (χ1v) is 12.8. The lowest BCUT2D eigenvalue weighted by atomic mass is 9.87. The molecule has 184 valence electrons. The summed E-state index contributed by atoms with van der Waals surface area (Å²) >= 11 is 1.34. The summed E-state index contributed by atoms with van der Waals surface area (Å²) in [6, 6.07) is 7.52. The molecule has 1 aromatic heterocycles. The van der Waals surface area contributed by atoms with Gasteiger partial charge >= 0.3 is 0 Å². The molecule has 0 spiro atoms. The molecule has 3 aromatic rings. The minimum atomic E-state index is -0.892. The van der Waals surface area contributed by atoms with Gasteiger partial charge in [-0.05, 0) is 55.0 Å². The van der Waals surface area contributed by atoms with Crippen molar-refractivity contribution in [2.24, 2.45) is 0 Å². The fraction of sp³-hybridized carbons (Fsp3) is 0.346. The van der Waals surface area contributed by atoms with Crippen molar-refractivity contribution in [3.63, 3.8) is 0 Å². The Kier molecular flexibility index (Phi) is 7.97. The van der Waals surface area contributed by atoms with Gasteiger partial charge in [-0.1, -0.05) is 25.3 Å². The van der Waals surface area contributed by atoms with E-state index in [-0.39, 0.29) is 11.4 Å². The highest BCUT2D eigenvalue weighted by Crippen LogP contribution is 2.33. The van der Waals surface area contributed by atoms with Gasteiger partial charge < -0.3 is 16.2 Å². The van der Waals surface area contributed by atoms with Gasteiger partial charge in [0.2, 0.25) is 0 Å². The number of aromatic nitrogens is 2. The third-order valence-corrected chi connectivity index (χ3v) is 7.06. The molecule has 35 heavy (non-hydrogen) atoms. The molecule has 0 saturated heterocycles. The summed E-state index contributed by atoms with van der Waals surface area (Å²) in [6.07, 6.45) is 9.08. The molecule has 1 fully saturated rings. The number of nitrogens with one attached hydrogen (secondary N) is 1. The average Bonchev–Trinajstić information content (AvgIpc) is 2.87. The third-order valence-electron chi connectivity index (χ3n) is 6.35. The summed E-state index contributed by atoms with van der Waals surface area (Å²) in [5.41, 5.74) is 7.90. The van der Waals surface area contributed by atoms with Crippen LogP contribution in [0.3, 0.4) is 0 Å². The first kappa shape index (κ1) is 25.1. The predicted octanol–water partition coefficient (Wildman–Crippen LogP) is 5.24. The number of amides is 1. The first-order valence-electron chi connectivity index (χ1n) is 11.6. The standard InChI is InChI=1S/C26H28F2N4O2S/c1-35-19-10-17(9-18(27)12-19)23(14-33)32-26(34)20-8-7-16(11-21(20)28)24-25(29)30-13-22(31-24)15-5-3-2-4-6-15/h7-13,15,23,33H,2-6,14H2,1H3,(H2,29,30)(H,32,34)/t23-/m1/s1. The Morgan fingerprint density at radius 1 is 1.20 bits per heavy atom. The molecule has 4 N–H and O–H groups in total. The van der Waals surface area contributed by atoms with E-state index in [1.807, 2.05) is 0 Å². The summed E-state index contributed by atoms with van der Waals surface area (Å²) in [5.74, 6) is -1.46. The van der Waals surface area contributed by atoms with Gasteiger partial charge in [0.25, 0.3) is 5.91 Å². The molecule has 1 saturated carbocycles. The summed E-state index contributed by atoms with van der Waals surface area (Å²) in [7, 11) is 0. The van der Waals surface area contributed by atoms with Gasteiger partial charge in [0.1, 0.15) is 23.1 Å². The van der Waals surface area contributed by atoms with Crippen LogP contribution >= 0.6 is 11.8 Å². The Morgan fingerprint density at radius 3 is 2.66 bits per heavy atom. The van der Waals surface area contributed by atoms with E-state index in [1.165, 1.54) is 42.4 Å². The smallest absolute Gasteiger partial charge is 0.254 e. The fourth-order valence-corrected chi connectivity index (χ4v) is 4.92. The van der Waals surface area contributed by atoms with Crippen LogP contribution in [0.4, 0.5) is 14.6 Å². The summed E-state index contributed by atoms with van der Waals surface area (Å²) in [6.45, 7) is -0.469. The molecule has 0 bridgehead atoms. The lowest BCUT2D eigenvalue weighted by Crippen LogP contribution is -2.31. The maximum absolute atomic E-state index is 15.0. The second kappa shape index (κ2) is 11.1. The first-order chi connectivity index (χ1) is 16.9. The fourth-order valence-electron chi connectivity index (χ4n) is 4.44. The van der Waals surface area contributed by atoms with Crippen LogP contribution < -0.4 is 11.1 Å². The average molecular weight is 499 g/mol. The Hall–Kier alpha value is -3.04. The number of carbonyl (C=O) groups excluding carboxylic acids is 1. The van der Waals surface area contributed by atoms with Crippen molar-refractivity contribution in [1.82, 2.24) is 15.3 Å². The van der Waals surface area contributed by atoms with Gasteiger partial charge in [0, 0.05) is 16.4 Å². The Morgan fingerprint density at radius 2 is 1.97 bits per heavy atom. The number of aliphatic hydroxyl groups excluding tert-OH is 1. The molecular weight excluding hydrogens is 470 g/mol. The van der Waals surface area contributed by atoms with Crippen LogP contribution in [0.25, 0.3) is 11.3 Å². The lowest BCUT2D eigenvalue weighted by molar-refractivity contribution is 0.0912. The number of halogens is 2. The van der Waals surface area contributed by atoms with Gasteiger partial charge in [0.05, 0.1) is 30.1 Å². The number of hydrogen-bond acceptors (Lipinski definition) is 6. The van der Waals surface area contributed by atoms with Crippen LogP contribution in [0.15, 0.2) is 47.5 Å². The van der Waals surface area contributed by atoms with Crippen LogP contribution in [0.5, 0.6) is 0 Å². The quantitative estimate of drug-likeness (QED) is 0.385. The number of nitrogens with two attached hydrogens (primary N) is 1. The van der Waals surface area contributed by atoms with E-state index in [0.717, 1.165) is 31.4 Å². The van der Waals surface area contributed by atoms with Crippen molar-refractivity contribution in [3.05, 3.63) is 71.1 Å². The number of thioether (sulfide) groups is 1. The molecule has 2 aromatic carbocycles. The second-order valence-corrected chi connectivity index (χ2v) is 9.57. The zero-order chi connectivity index (χ0) is 24.9. The highest BCUT2D eigenvalue weighted by molar-refractivity contribution is 7.98. The molecule has 0 radical (unpaired) electrons. The normalized spacial score (nSPS) is 15.1. The molecule has 0 unspecified atom stereocenters. The van der Waals surface area contributed by atoms with Crippen molar-refractivity contribution >= 4 is 23.5 Å². The number of benzene rings is 2. The maximum atomic E-state index is 15.0. The highest BCUT2D eigenvalue weighted by Gasteiger charge is 2.22. The van der Waals surface area contributed by atoms with Crippen molar-refractivity contribution in [3.8, 4) is 11.3 Å². The van der Waals surface area contributed by atoms with Crippen molar-refractivity contribution in [1.29, 1.82) is 0 Å². The molecule has 1 amide bonds. The minimum absolute atomic E-state index is 0.192. The van der Waals surface area contributed by atoms with E-state index in [4.69, 9.17) is 5.73 Å². The largest absolute Gasteiger partial charge is 0.394 e. The van der Waals surface area contributed by atoms with Crippen LogP contribution in [0, 0.1) is 11.6 Å². The zero-order valence-electron chi connectivity index (χ0n) is 19.4. The summed E-state index contributed by atoms with van der Waals surface area (Å²) < 4.78 is 29.0.